The summed E-state index contributed by atoms with van der Waals surface area (Å²) in [6.45, 7) is 3.82. The van der Waals surface area contributed by atoms with E-state index in [1.807, 2.05) is 19.9 Å². The first-order valence-electron chi connectivity index (χ1n) is 7.17. The molecule has 2 aromatic rings. The number of amides is 1. The van der Waals surface area contributed by atoms with Gasteiger partial charge in [0.25, 0.3) is 5.91 Å². The Morgan fingerprint density at radius 2 is 1.95 bits per heavy atom. The minimum absolute atomic E-state index is 0.385. The highest BCUT2D eigenvalue weighted by molar-refractivity contribution is 5.96. The molecule has 116 valence electrons. The van der Waals surface area contributed by atoms with Crippen LogP contribution in [0.25, 0.3) is 5.69 Å². The number of aromatic nitrogens is 2. The second-order valence-electron chi connectivity index (χ2n) is 5.08. The molecule has 22 heavy (non-hydrogen) atoms. The number of hydrogen-bond donors (Lipinski definition) is 2. The van der Waals surface area contributed by atoms with Crippen molar-refractivity contribution in [3.8, 4) is 5.69 Å². The van der Waals surface area contributed by atoms with Crippen molar-refractivity contribution in [3.63, 3.8) is 0 Å². The average Bonchev–Trinajstić information content (AvgIpc) is 2.93. The predicted octanol–water partition coefficient (Wildman–Crippen LogP) is 2.16. The molecule has 2 N–H and O–H groups in total. The second kappa shape index (κ2) is 6.89. The predicted molar refractivity (Wildman–Crippen MR) is 82.1 cm³/mol. The van der Waals surface area contributed by atoms with Gasteiger partial charge < -0.3 is 10.4 Å². The molecule has 1 aromatic carbocycles. The Balaban J connectivity index is 2.11. The van der Waals surface area contributed by atoms with Gasteiger partial charge in [-0.1, -0.05) is 13.3 Å². The van der Waals surface area contributed by atoms with E-state index in [0.717, 1.165) is 11.4 Å². The van der Waals surface area contributed by atoms with Gasteiger partial charge in [0.1, 0.15) is 6.04 Å². The van der Waals surface area contributed by atoms with Gasteiger partial charge >= 0.3 is 5.97 Å². The molecule has 1 unspecified atom stereocenters. The Morgan fingerprint density at radius 1 is 1.27 bits per heavy atom. The van der Waals surface area contributed by atoms with Gasteiger partial charge in [0.2, 0.25) is 0 Å². The molecule has 0 fully saturated rings. The summed E-state index contributed by atoms with van der Waals surface area (Å²) in [6.07, 6.45) is 2.80. The van der Waals surface area contributed by atoms with Gasteiger partial charge in [0.05, 0.1) is 5.69 Å². The Hall–Kier alpha value is -2.63. The van der Waals surface area contributed by atoms with E-state index in [4.69, 9.17) is 5.11 Å². The van der Waals surface area contributed by atoms with E-state index >= 15 is 0 Å². The van der Waals surface area contributed by atoms with Crippen molar-refractivity contribution in [2.45, 2.75) is 32.7 Å². The van der Waals surface area contributed by atoms with E-state index in [0.29, 0.717) is 18.4 Å². The maximum Gasteiger partial charge on any atom is 0.326 e. The topological polar surface area (TPSA) is 84.2 Å². The van der Waals surface area contributed by atoms with E-state index in [1.54, 1.807) is 35.1 Å². The van der Waals surface area contributed by atoms with Crippen molar-refractivity contribution in [3.05, 3.63) is 47.8 Å². The van der Waals surface area contributed by atoms with Crippen molar-refractivity contribution in [2.75, 3.05) is 0 Å². The third-order valence-electron chi connectivity index (χ3n) is 3.39. The summed E-state index contributed by atoms with van der Waals surface area (Å²) in [6, 6.07) is 7.93. The summed E-state index contributed by atoms with van der Waals surface area (Å²) in [5.74, 6) is -1.40. The third kappa shape index (κ3) is 3.52. The molecule has 0 saturated heterocycles. The number of benzene rings is 1. The fourth-order valence-electron chi connectivity index (χ4n) is 2.18. The molecular formula is C16H19N3O3. The summed E-state index contributed by atoms with van der Waals surface area (Å²) >= 11 is 0. The van der Waals surface area contributed by atoms with Crippen LogP contribution in [0.4, 0.5) is 0 Å². The Kier molecular flexibility index (Phi) is 4.93. The van der Waals surface area contributed by atoms with Crippen LogP contribution in [-0.2, 0) is 4.79 Å². The Bertz CT molecular complexity index is 662. The Morgan fingerprint density at radius 3 is 2.45 bits per heavy atom. The molecule has 0 aliphatic carbocycles. The van der Waals surface area contributed by atoms with Gasteiger partial charge in [0, 0.05) is 17.5 Å². The second-order valence-corrected chi connectivity index (χ2v) is 5.08. The number of carbonyl (C=O) groups is 2. The van der Waals surface area contributed by atoms with Crippen molar-refractivity contribution in [2.24, 2.45) is 0 Å². The van der Waals surface area contributed by atoms with Crippen LogP contribution in [0.2, 0.25) is 0 Å². The van der Waals surface area contributed by atoms with Gasteiger partial charge in [-0.15, -0.1) is 0 Å². The number of carboxylic acids is 1. The summed E-state index contributed by atoms with van der Waals surface area (Å²) in [5.41, 5.74) is 2.27. The fraction of sp³-hybridized carbons (Fsp3) is 0.312. The molecule has 0 aliphatic heterocycles. The molecule has 1 aromatic heterocycles. The lowest BCUT2D eigenvalue weighted by molar-refractivity contribution is -0.139. The maximum absolute atomic E-state index is 12.1. The number of aliphatic carboxylic acids is 1. The standard InChI is InChI=1S/C16H19N3O3/c1-3-4-14(16(21)22)18-15(20)12-5-7-13(8-6-12)19-11(2)9-10-17-19/h5-10,14H,3-4H2,1-2H3,(H,18,20)(H,21,22). The zero-order chi connectivity index (χ0) is 16.1. The van der Waals surface area contributed by atoms with Crippen LogP contribution >= 0.6 is 0 Å². The van der Waals surface area contributed by atoms with Crippen LogP contribution in [0, 0.1) is 6.92 Å². The number of nitrogens with zero attached hydrogens (tertiary/aromatic N) is 2. The number of hydrogen-bond acceptors (Lipinski definition) is 3. The zero-order valence-corrected chi connectivity index (χ0v) is 12.6. The van der Waals surface area contributed by atoms with Gasteiger partial charge in [-0.05, 0) is 43.7 Å². The first-order chi connectivity index (χ1) is 10.5. The summed E-state index contributed by atoms with van der Waals surface area (Å²) in [7, 11) is 0. The molecule has 0 bridgehead atoms. The van der Waals surface area contributed by atoms with Gasteiger partial charge in [0.15, 0.2) is 0 Å². The fourth-order valence-corrected chi connectivity index (χ4v) is 2.18. The van der Waals surface area contributed by atoms with Gasteiger partial charge in [-0.2, -0.15) is 5.10 Å². The monoisotopic (exact) mass is 301 g/mol. The molecule has 0 saturated carbocycles. The van der Waals surface area contributed by atoms with Crippen LogP contribution in [-0.4, -0.2) is 32.8 Å². The van der Waals surface area contributed by atoms with E-state index < -0.39 is 12.0 Å². The summed E-state index contributed by atoms with van der Waals surface area (Å²) in [5, 5.41) is 15.8. The lowest BCUT2D eigenvalue weighted by Gasteiger charge is -2.13. The highest BCUT2D eigenvalue weighted by atomic mass is 16.4. The van der Waals surface area contributed by atoms with E-state index in [1.165, 1.54) is 0 Å². The van der Waals surface area contributed by atoms with Crippen LogP contribution in [0.3, 0.4) is 0 Å². The third-order valence-corrected chi connectivity index (χ3v) is 3.39. The maximum atomic E-state index is 12.1. The summed E-state index contributed by atoms with van der Waals surface area (Å²) < 4.78 is 1.76. The SMILES string of the molecule is CCCC(NC(=O)c1ccc(-n2nccc2C)cc1)C(=O)O. The minimum atomic E-state index is -1.01. The van der Waals surface area contributed by atoms with Crippen LogP contribution < -0.4 is 5.32 Å². The highest BCUT2D eigenvalue weighted by Crippen LogP contribution is 2.11. The van der Waals surface area contributed by atoms with E-state index in [9.17, 15) is 9.59 Å². The molecule has 0 spiro atoms. The molecule has 1 heterocycles. The normalized spacial score (nSPS) is 11.9. The molecule has 6 heteroatoms. The van der Waals surface area contributed by atoms with Crippen LogP contribution in [0.1, 0.15) is 35.8 Å². The number of carbonyl (C=O) groups excluding carboxylic acids is 1. The Labute approximate surface area is 128 Å². The van der Waals surface area contributed by atoms with Crippen molar-refractivity contribution in [1.29, 1.82) is 0 Å². The van der Waals surface area contributed by atoms with E-state index in [-0.39, 0.29) is 5.91 Å². The summed E-state index contributed by atoms with van der Waals surface area (Å²) in [4.78, 5) is 23.2. The minimum Gasteiger partial charge on any atom is -0.480 e. The number of nitrogens with one attached hydrogen (secondary N) is 1. The van der Waals surface area contributed by atoms with Crippen LogP contribution in [0.15, 0.2) is 36.5 Å². The number of rotatable bonds is 6. The lowest BCUT2D eigenvalue weighted by Crippen LogP contribution is -2.40. The molecule has 6 nitrogen and oxygen atoms in total. The lowest BCUT2D eigenvalue weighted by atomic mass is 10.1. The molecule has 0 aliphatic rings. The largest absolute Gasteiger partial charge is 0.480 e. The molecule has 2 rings (SSSR count). The van der Waals surface area contributed by atoms with Crippen molar-refractivity contribution < 1.29 is 14.7 Å². The first kappa shape index (κ1) is 15.8. The van der Waals surface area contributed by atoms with Gasteiger partial charge in [-0.25, -0.2) is 9.48 Å². The molecule has 1 amide bonds. The smallest absolute Gasteiger partial charge is 0.326 e. The van der Waals surface area contributed by atoms with Crippen molar-refractivity contribution in [1.82, 2.24) is 15.1 Å². The molecule has 1 atom stereocenters. The number of aryl methyl sites for hydroxylation is 1. The van der Waals surface area contributed by atoms with Crippen LogP contribution in [0.5, 0.6) is 0 Å². The van der Waals surface area contributed by atoms with Gasteiger partial charge in [-0.3, -0.25) is 4.79 Å². The zero-order valence-electron chi connectivity index (χ0n) is 12.6. The van der Waals surface area contributed by atoms with Crippen molar-refractivity contribution >= 4 is 11.9 Å². The molecular weight excluding hydrogens is 282 g/mol. The highest BCUT2D eigenvalue weighted by Gasteiger charge is 2.19. The quantitative estimate of drug-likeness (QED) is 0.856. The average molecular weight is 301 g/mol. The van der Waals surface area contributed by atoms with E-state index in [2.05, 4.69) is 10.4 Å². The number of carboxylic acid groups (broad SMARTS) is 1. The molecule has 0 radical (unpaired) electrons. The first-order valence-corrected chi connectivity index (χ1v) is 7.17.